The van der Waals surface area contributed by atoms with E-state index in [0.29, 0.717) is 5.56 Å². The molecule has 0 bridgehead atoms. The average Bonchev–Trinajstić information content (AvgIpc) is 2.38. The van der Waals surface area contributed by atoms with E-state index >= 15 is 0 Å². The van der Waals surface area contributed by atoms with Crippen molar-refractivity contribution in [3.63, 3.8) is 0 Å². The minimum Gasteiger partial charge on any atom is -0.507 e. The van der Waals surface area contributed by atoms with Gasteiger partial charge in [-0.15, -0.1) is 0 Å². The van der Waals surface area contributed by atoms with E-state index in [0.717, 1.165) is 41.5 Å². The van der Waals surface area contributed by atoms with Crippen molar-refractivity contribution in [1.82, 2.24) is 0 Å². The van der Waals surface area contributed by atoms with Crippen molar-refractivity contribution in [3.05, 3.63) is 53.1 Å². The molecule has 0 unspecified atom stereocenters. The molecule has 0 saturated heterocycles. The smallest absolute Gasteiger partial charge is 0.127 e. The number of hydrogen-bond acceptors (Lipinski definition) is 2. The highest BCUT2D eigenvalue weighted by molar-refractivity contribution is 5.80. The Kier molecular flexibility index (Phi) is 4.56. The molecule has 2 N–H and O–H groups in total. The average molecular weight is 284 g/mol. The lowest BCUT2D eigenvalue weighted by molar-refractivity contribution is 0.444. The molecule has 2 heteroatoms. The highest BCUT2D eigenvalue weighted by Crippen LogP contribution is 2.44. The molecule has 1 aliphatic rings. The molecule has 112 valence electrons. The van der Waals surface area contributed by atoms with Crippen molar-refractivity contribution >= 4 is 5.57 Å². The van der Waals surface area contributed by atoms with Gasteiger partial charge >= 0.3 is 0 Å². The third-order valence-corrected chi connectivity index (χ3v) is 4.01. The zero-order chi connectivity index (χ0) is 15.6. The lowest BCUT2D eigenvalue weighted by Crippen LogP contribution is -2.08. The Hall–Kier alpha value is -1.96. The summed E-state index contributed by atoms with van der Waals surface area (Å²) in [7, 11) is 0. The van der Waals surface area contributed by atoms with E-state index in [2.05, 4.69) is 19.6 Å². The largest absolute Gasteiger partial charge is 0.507 e. The van der Waals surface area contributed by atoms with Crippen molar-refractivity contribution in [3.8, 4) is 11.5 Å². The zero-order valence-corrected chi connectivity index (χ0v) is 13.1. The highest BCUT2D eigenvalue weighted by Gasteiger charge is 2.24. The van der Waals surface area contributed by atoms with Gasteiger partial charge in [0.15, 0.2) is 0 Å². The number of phenolic OH excluding ortho intramolecular Hbond substituents is 2. The molecule has 0 aliphatic heterocycles. The van der Waals surface area contributed by atoms with Gasteiger partial charge in [0.05, 0.1) is 5.56 Å². The van der Waals surface area contributed by atoms with Crippen LogP contribution in [0, 0.1) is 5.92 Å². The number of rotatable bonds is 4. The summed E-state index contributed by atoms with van der Waals surface area (Å²) in [6.45, 7) is 10.2. The van der Waals surface area contributed by atoms with Gasteiger partial charge in [0.25, 0.3) is 0 Å². The van der Waals surface area contributed by atoms with Crippen LogP contribution in [-0.2, 0) is 6.42 Å². The molecule has 1 aromatic rings. The number of benzene rings is 1. The molecule has 1 atom stereocenters. The second-order valence-electron chi connectivity index (χ2n) is 5.94. The van der Waals surface area contributed by atoms with Crippen LogP contribution in [0.3, 0.4) is 0 Å². The van der Waals surface area contributed by atoms with Gasteiger partial charge in [0.1, 0.15) is 11.5 Å². The predicted molar refractivity (Wildman–Crippen MR) is 88.4 cm³/mol. The maximum Gasteiger partial charge on any atom is 0.127 e. The van der Waals surface area contributed by atoms with E-state index in [1.807, 2.05) is 19.9 Å². The van der Waals surface area contributed by atoms with Crippen LogP contribution in [0.1, 0.15) is 44.7 Å². The van der Waals surface area contributed by atoms with Crippen LogP contribution >= 0.6 is 0 Å². The molecule has 0 amide bonds. The molecule has 0 spiro atoms. The van der Waals surface area contributed by atoms with Crippen LogP contribution in [0.2, 0.25) is 0 Å². The summed E-state index contributed by atoms with van der Waals surface area (Å²) >= 11 is 0. The summed E-state index contributed by atoms with van der Waals surface area (Å²) in [5.41, 5.74) is 4.67. The van der Waals surface area contributed by atoms with Crippen molar-refractivity contribution in [2.24, 2.45) is 5.92 Å². The van der Waals surface area contributed by atoms with E-state index in [1.54, 1.807) is 12.1 Å². The maximum atomic E-state index is 10.4. The van der Waals surface area contributed by atoms with Gasteiger partial charge in [0, 0.05) is 5.92 Å². The first kappa shape index (κ1) is 15.4. The molecule has 2 nitrogen and oxygen atoms in total. The lowest BCUT2D eigenvalue weighted by Gasteiger charge is -2.25. The zero-order valence-electron chi connectivity index (χ0n) is 13.1. The normalized spacial score (nSPS) is 18.1. The van der Waals surface area contributed by atoms with Crippen molar-refractivity contribution < 1.29 is 10.2 Å². The molecular formula is C19H24O2. The minimum atomic E-state index is 0.141. The van der Waals surface area contributed by atoms with Crippen LogP contribution in [0.15, 0.2) is 42.0 Å². The van der Waals surface area contributed by atoms with Crippen LogP contribution in [0.4, 0.5) is 0 Å². The topological polar surface area (TPSA) is 40.5 Å². The maximum absolute atomic E-state index is 10.4. The first-order valence-electron chi connectivity index (χ1n) is 7.53. The summed E-state index contributed by atoms with van der Waals surface area (Å²) in [6.07, 6.45) is 6.91. The van der Waals surface area contributed by atoms with Crippen LogP contribution < -0.4 is 0 Å². The second-order valence-corrected chi connectivity index (χ2v) is 5.94. The molecule has 0 radical (unpaired) electrons. The van der Waals surface area contributed by atoms with Gasteiger partial charge in [-0.2, -0.15) is 0 Å². The van der Waals surface area contributed by atoms with Gasteiger partial charge < -0.3 is 10.2 Å². The Morgan fingerprint density at radius 3 is 2.43 bits per heavy atom. The quantitative estimate of drug-likeness (QED) is 0.766. The Labute approximate surface area is 127 Å². The van der Waals surface area contributed by atoms with Crippen LogP contribution in [0.5, 0.6) is 11.5 Å². The number of aryl methyl sites for hydroxylation is 1. The molecule has 0 heterocycles. The fourth-order valence-corrected chi connectivity index (χ4v) is 2.95. The van der Waals surface area contributed by atoms with Crippen LogP contribution in [-0.4, -0.2) is 10.2 Å². The van der Waals surface area contributed by atoms with E-state index in [9.17, 15) is 10.2 Å². The van der Waals surface area contributed by atoms with E-state index in [1.165, 1.54) is 0 Å². The van der Waals surface area contributed by atoms with Crippen molar-refractivity contribution in [1.29, 1.82) is 0 Å². The van der Waals surface area contributed by atoms with Gasteiger partial charge in [-0.3, -0.25) is 0 Å². The Morgan fingerprint density at radius 2 is 1.90 bits per heavy atom. The number of aromatic hydroxyl groups is 2. The summed E-state index contributed by atoms with van der Waals surface area (Å²) in [5, 5.41) is 20.8. The highest BCUT2D eigenvalue weighted by atomic mass is 16.3. The Morgan fingerprint density at radius 1 is 1.29 bits per heavy atom. The third-order valence-electron chi connectivity index (χ3n) is 4.01. The van der Waals surface area contributed by atoms with Gasteiger partial charge in [-0.05, 0) is 50.0 Å². The number of phenols is 2. The van der Waals surface area contributed by atoms with E-state index < -0.39 is 0 Å². The fourth-order valence-electron chi connectivity index (χ4n) is 2.95. The molecule has 1 aliphatic carbocycles. The fraction of sp³-hybridized carbons (Fsp3) is 0.368. The number of hydrogen-bond donors (Lipinski definition) is 2. The Bertz CT molecular complexity index is 597. The lowest BCUT2D eigenvalue weighted by atomic mass is 9.80. The first-order valence-corrected chi connectivity index (χ1v) is 7.53. The summed E-state index contributed by atoms with van der Waals surface area (Å²) in [6, 6.07) is 3.53. The first-order chi connectivity index (χ1) is 9.93. The monoisotopic (exact) mass is 284 g/mol. The molecule has 0 saturated carbocycles. The van der Waals surface area contributed by atoms with Gasteiger partial charge in [-0.25, -0.2) is 0 Å². The third kappa shape index (κ3) is 3.21. The summed E-state index contributed by atoms with van der Waals surface area (Å²) in [5.74, 6) is 0.457. The van der Waals surface area contributed by atoms with Crippen molar-refractivity contribution in [2.75, 3.05) is 0 Å². The molecule has 2 rings (SSSR count). The summed E-state index contributed by atoms with van der Waals surface area (Å²) < 4.78 is 0. The van der Waals surface area contributed by atoms with Crippen molar-refractivity contribution in [2.45, 2.75) is 40.0 Å². The van der Waals surface area contributed by atoms with Gasteiger partial charge in [-0.1, -0.05) is 43.2 Å². The SMILES string of the molecule is C=C(C)[C@H]1CC=C(C)C=C1c1c(O)cc(CCC)cc1O. The predicted octanol–water partition coefficient (Wildman–Crippen LogP) is 4.98. The molecule has 1 aromatic carbocycles. The second kappa shape index (κ2) is 6.21. The van der Waals surface area contributed by atoms with Crippen LogP contribution in [0.25, 0.3) is 5.57 Å². The van der Waals surface area contributed by atoms with E-state index in [4.69, 9.17) is 0 Å². The minimum absolute atomic E-state index is 0.141. The van der Waals surface area contributed by atoms with E-state index in [-0.39, 0.29) is 17.4 Å². The summed E-state index contributed by atoms with van der Waals surface area (Å²) in [4.78, 5) is 0. The molecule has 0 aromatic heterocycles. The standard InChI is InChI=1S/C19H24O2/c1-5-6-14-10-17(20)19(18(21)11-14)16-9-13(4)7-8-15(16)12(2)3/h7,9-11,15,20-21H,2,5-6,8H2,1,3-4H3/t15-/m1/s1. The molecule has 0 fully saturated rings. The van der Waals surface area contributed by atoms with Gasteiger partial charge in [0.2, 0.25) is 0 Å². The molecular weight excluding hydrogens is 260 g/mol. The Balaban J connectivity index is 2.53. The molecule has 21 heavy (non-hydrogen) atoms. The number of allylic oxidation sites excluding steroid dienone is 5.